The van der Waals surface area contributed by atoms with Crippen molar-refractivity contribution in [3.8, 4) is 11.6 Å². The second-order valence-corrected chi connectivity index (χ2v) is 9.44. The third kappa shape index (κ3) is 5.58. The average molecular weight is 507 g/mol. The number of aliphatic imine (C=N–C) groups is 1. The number of fused-ring (bicyclic) bond motifs is 1. The van der Waals surface area contributed by atoms with Crippen molar-refractivity contribution in [3.63, 3.8) is 0 Å². The normalized spacial score (nSPS) is 20.7. The minimum atomic E-state index is -4.50. The molecule has 0 spiro atoms. The molecule has 2 aromatic heterocycles. The number of hydrogen-bond acceptors (Lipinski definition) is 6. The molecule has 1 saturated carbocycles. The first kappa shape index (κ1) is 24.4. The summed E-state index contributed by atoms with van der Waals surface area (Å²) in [5.41, 5.74) is 1.51. The predicted octanol–water partition coefficient (Wildman–Crippen LogP) is 4.42. The van der Waals surface area contributed by atoms with Crippen LogP contribution in [0.1, 0.15) is 31.5 Å². The Morgan fingerprint density at radius 1 is 1.31 bits per heavy atom. The van der Waals surface area contributed by atoms with E-state index in [4.69, 9.17) is 4.52 Å². The molecule has 3 heterocycles. The highest BCUT2D eigenvalue weighted by Crippen LogP contribution is 2.36. The number of nitrogens with zero attached hydrogens (tertiary/aromatic N) is 5. The van der Waals surface area contributed by atoms with E-state index in [1.807, 2.05) is 11.9 Å². The largest absolute Gasteiger partial charge is 0.406 e. The van der Waals surface area contributed by atoms with Gasteiger partial charge in [-0.25, -0.2) is 4.39 Å². The first-order chi connectivity index (χ1) is 17.2. The maximum Gasteiger partial charge on any atom is 0.406 e. The molecule has 0 radical (unpaired) electrons. The Hall–Kier alpha value is -3.28. The van der Waals surface area contributed by atoms with Gasteiger partial charge in [0.2, 0.25) is 5.91 Å². The molecule has 2 fully saturated rings. The summed E-state index contributed by atoms with van der Waals surface area (Å²) in [4.78, 5) is 22.7. The Labute approximate surface area is 204 Å². The zero-order chi connectivity index (χ0) is 25.4. The van der Waals surface area contributed by atoms with E-state index in [1.54, 1.807) is 18.2 Å². The van der Waals surface area contributed by atoms with Gasteiger partial charge in [-0.1, -0.05) is 11.2 Å². The first-order valence-corrected chi connectivity index (χ1v) is 11.8. The van der Waals surface area contributed by atoms with Crippen LogP contribution in [0.5, 0.6) is 0 Å². The molecule has 192 valence electrons. The standard InChI is InChI=1S/C24H26F4N6O2/c1-33-8-7-16(9-15(25)12-33)30-18-3-2-4-19-17(18)10-20(34(19)13-24(26,27)28)23-31-21(32-36-23)11-29-22(35)14-5-6-14/h2-4,10,14-15H,5-9,11-13H2,1H3,(H,29,35)/t15-/m1/s1. The summed E-state index contributed by atoms with van der Waals surface area (Å²) in [5, 5.41) is 7.00. The third-order valence-corrected chi connectivity index (χ3v) is 6.34. The second-order valence-electron chi connectivity index (χ2n) is 9.44. The van der Waals surface area contributed by atoms with Gasteiger partial charge in [-0.3, -0.25) is 9.79 Å². The Kier molecular flexibility index (Phi) is 6.54. The van der Waals surface area contributed by atoms with Crippen LogP contribution in [0, 0.1) is 5.92 Å². The van der Waals surface area contributed by atoms with Crippen molar-refractivity contribution in [2.24, 2.45) is 10.9 Å². The van der Waals surface area contributed by atoms with Crippen LogP contribution in [-0.2, 0) is 17.9 Å². The Bertz CT molecular complexity index is 1290. The van der Waals surface area contributed by atoms with Gasteiger partial charge in [0.15, 0.2) is 5.82 Å². The number of likely N-dealkylation sites (tertiary alicyclic amines) is 1. The molecule has 5 rings (SSSR count). The Morgan fingerprint density at radius 2 is 2.11 bits per heavy atom. The van der Waals surface area contributed by atoms with Crippen LogP contribution in [0.3, 0.4) is 0 Å². The molecule has 0 bridgehead atoms. The van der Waals surface area contributed by atoms with Crippen LogP contribution < -0.4 is 5.32 Å². The fraction of sp³-hybridized carbons (Fsp3) is 0.500. The molecule has 1 atom stereocenters. The van der Waals surface area contributed by atoms with Crippen LogP contribution in [0.2, 0.25) is 0 Å². The number of carbonyl (C=O) groups excluding carboxylic acids is 1. The highest BCUT2D eigenvalue weighted by Gasteiger charge is 2.32. The Morgan fingerprint density at radius 3 is 2.86 bits per heavy atom. The van der Waals surface area contributed by atoms with Crippen LogP contribution in [-0.4, -0.2) is 63.7 Å². The van der Waals surface area contributed by atoms with Gasteiger partial charge in [0.25, 0.3) is 5.89 Å². The number of carbonyl (C=O) groups is 1. The molecule has 1 amide bonds. The summed E-state index contributed by atoms with van der Waals surface area (Å²) in [6, 6.07) is 6.43. The van der Waals surface area contributed by atoms with Crippen LogP contribution >= 0.6 is 0 Å². The van der Waals surface area contributed by atoms with Crippen LogP contribution in [0.4, 0.5) is 23.2 Å². The maximum atomic E-state index is 14.3. The van der Waals surface area contributed by atoms with Gasteiger partial charge >= 0.3 is 6.18 Å². The van der Waals surface area contributed by atoms with Gasteiger partial charge in [-0.05, 0) is 44.5 Å². The van der Waals surface area contributed by atoms with Crippen molar-refractivity contribution in [1.82, 2.24) is 24.9 Å². The molecule has 36 heavy (non-hydrogen) atoms. The summed E-state index contributed by atoms with van der Waals surface area (Å²) in [6.45, 7) is -0.275. The molecule has 1 aliphatic heterocycles. The lowest BCUT2D eigenvalue weighted by molar-refractivity contribution is -0.139. The SMILES string of the molecule is CN1CCC(=Nc2cccc3c2cc(-c2nc(CNC(=O)C4CC4)no2)n3CC(F)(F)F)C[C@@H](F)C1. The molecular weight excluding hydrogens is 480 g/mol. The van der Waals surface area contributed by atoms with Crippen molar-refractivity contribution in [3.05, 3.63) is 30.1 Å². The van der Waals surface area contributed by atoms with Crippen molar-refractivity contribution >= 4 is 28.2 Å². The number of halogens is 4. The van der Waals surface area contributed by atoms with Gasteiger partial charge in [0.05, 0.1) is 17.7 Å². The number of nitrogens with one attached hydrogen (secondary N) is 1. The van der Waals surface area contributed by atoms with Gasteiger partial charge in [0.1, 0.15) is 18.4 Å². The first-order valence-electron chi connectivity index (χ1n) is 11.8. The molecule has 1 aliphatic carbocycles. The van der Waals surface area contributed by atoms with E-state index in [2.05, 4.69) is 20.4 Å². The number of benzene rings is 1. The topological polar surface area (TPSA) is 88.6 Å². The zero-order valence-corrected chi connectivity index (χ0v) is 19.7. The van der Waals surface area contributed by atoms with Gasteiger partial charge in [-0.15, -0.1) is 0 Å². The number of alkyl halides is 4. The smallest absolute Gasteiger partial charge is 0.348 e. The monoisotopic (exact) mass is 506 g/mol. The van der Waals surface area contributed by atoms with Crippen LogP contribution in [0.15, 0.2) is 33.8 Å². The minimum absolute atomic E-state index is 0.00673. The summed E-state index contributed by atoms with van der Waals surface area (Å²) >= 11 is 0. The average Bonchev–Trinajstić information content (AvgIpc) is 3.49. The number of hydrogen-bond donors (Lipinski definition) is 1. The van der Waals surface area contributed by atoms with Crippen LogP contribution in [0.25, 0.3) is 22.5 Å². The molecule has 12 heteroatoms. The number of aromatic nitrogens is 3. The van der Waals surface area contributed by atoms with Crippen molar-refractivity contribution < 1.29 is 26.9 Å². The quantitative estimate of drug-likeness (QED) is 0.501. The van der Waals surface area contributed by atoms with Gasteiger partial charge < -0.3 is 19.3 Å². The van der Waals surface area contributed by atoms with E-state index < -0.39 is 18.9 Å². The zero-order valence-electron chi connectivity index (χ0n) is 19.7. The lowest BCUT2D eigenvalue weighted by Gasteiger charge is -2.12. The fourth-order valence-corrected chi connectivity index (χ4v) is 4.42. The molecule has 1 saturated heterocycles. The number of rotatable bonds is 6. The summed E-state index contributed by atoms with van der Waals surface area (Å²) in [7, 11) is 1.84. The fourth-order valence-electron chi connectivity index (χ4n) is 4.42. The van der Waals surface area contributed by atoms with E-state index in [-0.39, 0.29) is 42.2 Å². The predicted molar refractivity (Wildman–Crippen MR) is 125 cm³/mol. The van der Waals surface area contributed by atoms with E-state index in [0.29, 0.717) is 41.8 Å². The lowest BCUT2D eigenvalue weighted by atomic mass is 10.1. The van der Waals surface area contributed by atoms with Gasteiger partial charge in [-0.2, -0.15) is 18.2 Å². The van der Waals surface area contributed by atoms with Crippen molar-refractivity contribution in [2.75, 3.05) is 20.1 Å². The van der Waals surface area contributed by atoms with E-state index in [1.165, 1.54) is 6.07 Å². The van der Waals surface area contributed by atoms with Gasteiger partial charge in [0, 0.05) is 36.5 Å². The highest BCUT2D eigenvalue weighted by molar-refractivity contribution is 5.98. The molecular formula is C24H26F4N6O2. The molecule has 1 N–H and O–H groups in total. The molecule has 2 aliphatic rings. The molecule has 0 unspecified atom stereocenters. The molecule has 1 aromatic carbocycles. The summed E-state index contributed by atoms with van der Waals surface area (Å²) in [5.74, 6) is -0.0201. The minimum Gasteiger partial charge on any atom is -0.348 e. The third-order valence-electron chi connectivity index (χ3n) is 6.34. The Balaban J connectivity index is 1.50. The van der Waals surface area contributed by atoms with Crippen molar-refractivity contribution in [1.29, 1.82) is 0 Å². The number of amides is 1. The molecule has 3 aromatic rings. The summed E-state index contributed by atoms with van der Waals surface area (Å²) in [6.07, 6.45) is -3.12. The van der Waals surface area contributed by atoms with Crippen molar-refractivity contribution in [2.45, 2.75) is 51.1 Å². The summed E-state index contributed by atoms with van der Waals surface area (Å²) < 4.78 is 61.2. The lowest BCUT2D eigenvalue weighted by Crippen LogP contribution is -2.24. The maximum absolute atomic E-state index is 14.3. The molecule has 8 nitrogen and oxygen atoms in total. The van der Waals surface area contributed by atoms with E-state index in [0.717, 1.165) is 17.4 Å². The second kappa shape index (κ2) is 9.64. The van der Waals surface area contributed by atoms with E-state index >= 15 is 0 Å². The van der Waals surface area contributed by atoms with E-state index in [9.17, 15) is 22.4 Å². The highest BCUT2D eigenvalue weighted by atomic mass is 19.4.